The third kappa shape index (κ3) is 9.31. The second-order valence-electron chi connectivity index (χ2n) is 15.9. The van der Waals surface area contributed by atoms with Crippen LogP contribution in [0.3, 0.4) is 0 Å². The molecule has 2 amide bonds. The van der Waals surface area contributed by atoms with Crippen molar-refractivity contribution < 1.29 is 40.3 Å². The highest BCUT2D eigenvalue weighted by Gasteiger charge is 2.36. The highest BCUT2D eigenvalue weighted by molar-refractivity contribution is 6.07. The van der Waals surface area contributed by atoms with E-state index in [1.165, 1.54) is 53.2 Å². The molecule has 70 heavy (non-hydrogen) atoms. The van der Waals surface area contributed by atoms with Crippen molar-refractivity contribution in [2.75, 3.05) is 10.6 Å². The Labute approximate surface area is 393 Å². The van der Waals surface area contributed by atoms with Gasteiger partial charge in [-0.1, -0.05) is 42.0 Å². The van der Waals surface area contributed by atoms with E-state index in [0.29, 0.717) is 39.9 Å². The number of anilines is 2. The van der Waals surface area contributed by atoms with Crippen molar-refractivity contribution in [2.24, 2.45) is 0 Å². The van der Waals surface area contributed by atoms with Gasteiger partial charge in [0.25, 0.3) is 11.8 Å². The average molecular weight is 949 g/mol. The first-order chi connectivity index (χ1) is 33.6. The van der Waals surface area contributed by atoms with Crippen LogP contribution in [0.4, 0.5) is 42.1 Å². The summed E-state index contributed by atoms with van der Waals surface area (Å²) in [5.41, 5.74) is 4.47. The van der Waals surface area contributed by atoms with Crippen molar-refractivity contribution in [1.29, 1.82) is 0 Å². The molecule has 348 valence electrons. The summed E-state index contributed by atoms with van der Waals surface area (Å²) in [6.07, 6.45) is 3.82. The molecule has 10 rings (SSSR count). The van der Waals surface area contributed by atoms with Crippen LogP contribution in [-0.2, 0) is 6.18 Å². The van der Waals surface area contributed by atoms with Crippen molar-refractivity contribution in [3.8, 4) is 45.2 Å². The molecule has 17 heteroatoms. The molecular formula is C53H35F7N8O2. The van der Waals surface area contributed by atoms with Gasteiger partial charge in [0, 0.05) is 52.9 Å². The van der Waals surface area contributed by atoms with Crippen LogP contribution in [0.2, 0.25) is 0 Å². The molecule has 0 atom stereocenters. The fourth-order valence-electron chi connectivity index (χ4n) is 7.72. The fraction of sp³-hybridized carbons (Fsp3) is 0.0566. The van der Waals surface area contributed by atoms with E-state index < -0.39 is 40.7 Å². The molecule has 0 bridgehead atoms. The SMILES string of the molecule is Cc1ccc(NC(=O)c2cc(-c3cccn4c(-c5ccccc5F)ncc34)cnc2C)cc1.O=C(Nc1ccc(F)cc1)c1cc(-c2cccn3c(-c4cccc(F)c4F)ncc23)ncc1C(F)(F)F. The third-order valence-corrected chi connectivity index (χ3v) is 11.2. The van der Waals surface area contributed by atoms with Crippen molar-refractivity contribution in [3.05, 3.63) is 216 Å². The molecule has 6 aromatic heterocycles. The predicted molar refractivity (Wildman–Crippen MR) is 251 cm³/mol. The van der Waals surface area contributed by atoms with Gasteiger partial charge in [0.1, 0.15) is 23.3 Å². The van der Waals surface area contributed by atoms with E-state index in [1.807, 2.05) is 66.9 Å². The Balaban J connectivity index is 0.000000175. The topological polar surface area (TPSA) is 119 Å². The number of rotatable bonds is 8. The number of pyridine rings is 4. The predicted octanol–water partition coefficient (Wildman–Crippen LogP) is 12.8. The van der Waals surface area contributed by atoms with E-state index in [-0.39, 0.29) is 34.5 Å². The summed E-state index contributed by atoms with van der Waals surface area (Å²) in [5.74, 6) is -3.80. The summed E-state index contributed by atoms with van der Waals surface area (Å²) in [4.78, 5) is 42.9. The van der Waals surface area contributed by atoms with Gasteiger partial charge < -0.3 is 10.6 Å². The highest BCUT2D eigenvalue weighted by atomic mass is 19.4. The standard InChI is InChI=1S/C27H21FN4O.C26H14F6N4O/c1-17-9-11-20(12-10-17)31-27(33)23-14-19(15-29-18(23)2)21-7-5-13-32-25(21)16-30-26(32)22-6-3-4-8-24(22)28;27-14-6-8-15(9-7-14)35-25(37)18-11-21(33-12-19(18)26(30,31)32)16-4-2-10-36-22(16)13-34-24(36)17-3-1-5-20(28)23(17)29/h3-16H,1-2H3,(H,31,33);1-13H,(H,35,37). The van der Waals surface area contributed by atoms with Crippen LogP contribution in [-0.4, -0.2) is 40.6 Å². The lowest BCUT2D eigenvalue weighted by atomic mass is 10.0. The van der Waals surface area contributed by atoms with Crippen LogP contribution in [0.25, 0.3) is 56.2 Å². The molecule has 0 aliphatic carbocycles. The summed E-state index contributed by atoms with van der Waals surface area (Å²) >= 11 is 0. The molecule has 0 aliphatic heterocycles. The molecule has 0 unspecified atom stereocenters. The van der Waals surface area contributed by atoms with Gasteiger partial charge in [0.05, 0.1) is 62.6 Å². The van der Waals surface area contributed by atoms with Crippen molar-refractivity contribution in [2.45, 2.75) is 20.0 Å². The zero-order chi connectivity index (χ0) is 49.3. The van der Waals surface area contributed by atoms with Crippen LogP contribution in [0.5, 0.6) is 0 Å². The highest BCUT2D eigenvalue weighted by Crippen LogP contribution is 2.36. The molecule has 10 nitrogen and oxygen atoms in total. The van der Waals surface area contributed by atoms with E-state index in [1.54, 1.807) is 36.7 Å². The van der Waals surface area contributed by atoms with E-state index in [4.69, 9.17) is 0 Å². The van der Waals surface area contributed by atoms with Gasteiger partial charge >= 0.3 is 6.18 Å². The Hall–Kier alpha value is -8.99. The number of amides is 2. The van der Waals surface area contributed by atoms with Crippen LogP contribution in [0.1, 0.15) is 37.5 Å². The normalized spacial score (nSPS) is 11.3. The maximum Gasteiger partial charge on any atom is 0.418 e. The van der Waals surface area contributed by atoms with E-state index in [0.717, 1.165) is 52.2 Å². The quantitative estimate of drug-likeness (QED) is 0.146. The zero-order valence-corrected chi connectivity index (χ0v) is 36.7. The van der Waals surface area contributed by atoms with Crippen LogP contribution in [0.15, 0.2) is 165 Å². The number of carbonyl (C=O) groups is 2. The average Bonchev–Trinajstić information content (AvgIpc) is 3.99. The van der Waals surface area contributed by atoms with Crippen molar-refractivity contribution in [1.82, 2.24) is 28.7 Å². The number of carbonyl (C=O) groups excluding carboxylic acids is 2. The van der Waals surface area contributed by atoms with Gasteiger partial charge in [0.2, 0.25) is 0 Å². The van der Waals surface area contributed by atoms with Crippen LogP contribution < -0.4 is 10.6 Å². The molecule has 6 heterocycles. The molecule has 4 aromatic carbocycles. The molecule has 0 saturated heterocycles. The number of aromatic nitrogens is 6. The van der Waals surface area contributed by atoms with Crippen molar-refractivity contribution in [3.63, 3.8) is 0 Å². The molecule has 10 aromatic rings. The maximum atomic E-state index is 14.4. The molecule has 0 spiro atoms. The minimum Gasteiger partial charge on any atom is -0.322 e. The molecule has 0 saturated carbocycles. The van der Waals surface area contributed by atoms with E-state index >= 15 is 0 Å². The Bertz CT molecular complexity index is 3610. The number of hydrogen-bond acceptors (Lipinski definition) is 6. The summed E-state index contributed by atoms with van der Waals surface area (Å²) in [6, 6.07) is 32.1. The lowest BCUT2D eigenvalue weighted by Crippen LogP contribution is -2.19. The van der Waals surface area contributed by atoms with Gasteiger partial charge in [-0.3, -0.25) is 28.4 Å². The smallest absolute Gasteiger partial charge is 0.322 e. The van der Waals surface area contributed by atoms with Gasteiger partial charge in [0.15, 0.2) is 11.6 Å². The summed E-state index contributed by atoms with van der Waals surface area (Å²) in [7, 11) is 0. The van der Waals surface area contributed by atoms with Gasteiger partial charge in [-0.05, 0) is 105 Å². The maximum absolute atomic E-state index is 14.4. The zero-order valence-electron chi connectivity index (χ0n) is 36.7. The minimum atomic E-state index is -4.88. The van der Waals surface area contributed by atoms with E-state index in [2.05, 4.69) is 30.6 Å². The van der Waals surface area contributed by atoms with Crippen LogP contribution >= 0.6 is 0 Å². The first-order valence-corrected chi connectivity index (χ1v) is 21.3. The minimum absolute atomic E-state index is 0.00835. The lowest BCUT2D eigenvalue weighted by molar-refractivity contribution is -0.138. The van der Waals surface area contributed by atoms with Gasteiger partial charge in [-0.15, -0.1) is 0 Å². The van der Waals surface area contributed by atoms with Gasteiger partial charge in [-0.25, -0.2) is 27.5 Å². The number of nitrogens with one attached hydrogen (secondary N) is 2. The summed E-state index contributed by atoms with van der Waals surface area (Å²) in [6.45, 7) is 3.81. The number of alkyl halides is 3. The summed E-state index contributed by atoms with van der Waals surface area (Å²) < 4.78 is 100. The fourth-order valence-corrected chi connectivity index (χ4v) is 7.72. The Kier molecular flexibility index (Phi) is 12.5. The first kappa shape index (κ1) is 46.1. The molecule has 0 aliphatic rings. The Morgan fingerprint density at radius 1 is 0.529 bits per heavy atom. The van der Waals surface area contributed by atoms with Crippen molar-refractivity contribution >= 4 is 34.2 Å². The lowest BCUT2D eigenvalue weighted by Gasteiger charge is -2.14. The number of nitrogens with zero attached hydrogens (tertiary/aromatic N) is 6. The Morgan fingerprint density at radius 3 is 1.74 bits per heavy atom. The number of hydrogen-bond donors (Lipinski definition) is 2. The molecular weight excluding hydrogens is 914 g/mol. The van der Waals surface area contributed by atoms with Crippen LogP contribution in [0, 0.1) is 37.1 Å². The molecule has 0 fully saturated rings. The second kappa shape index (κ2) is 19.0. The number of fused-ring (bicyclic) bond motifs is 2. The largest absolute Gasteiger partial charge is 0.418 e. The van der Waals surface area contributed by atoms with E-state index in [9.17, 15) is 40.3 Å². The number of aryl methyl sites for hydroxylation is 2. The van der Waals surface area contributed by atoms with Gasteiger partial charge in [-0.2, -0.15) is 13.2 Å². The Morgan fingerprint density at radius 2 is 1.09 bits per heavy atom. The number of benzene rings is 4. The summed E-state index contributed by atoms with van der Waals surface area (Å²) in [5, 5.41) is 5.26. The molecule has 2 N–H and O–H groups in total. The third-order valence-electron chi connectivity index (χ3n) is 11.2. The first-order valence-electron chi connectivity index (χ1n) is 21.3. The second-order valence-corrected chi connectivity index (χ2v) is 15.9. The number of halogens is 7. The number of imidazole rings is 2. The monoisotopic (exact) mass is 948 g/mol. The molecule has 0 radical (unpaired) electrons.